The summed E-state index contributed by atoms with van der Waals surface area (Å²) in [6.45, 7) is 10.5. The molecule has 0 atom stereocenters. The molecule has 1 heterocycles. The predicted molar refractivity (Wildman–Crippen MR) is 67.5 cm³/mol. The number of rotatable bonds is 1. The second kappa shape index (κ2) is 4.38. The van der Waals surface area contributed by atoms with E-state index in [1.54, 1.807) is 0 Å². The van der Waals surface area contributed by atoms with E-state index in [1.807, 2.05) is 0 Å². The van der Waals surface area contributed by atoms with Crippen molar-refractivity contribution in [1.82, 2.24) is 9.97 Å². The molecule has 0 spiro atoms. The van der Waals surface area contributed by atoms with E-state index < -0.39 is 0 Å². The standard InChI is InChI=1S/C11H16BrClN2/c1-6(2)10-14-8(11(3,4)5)7(12)9(13)15-10/h6H,1-5H3. The summed E-state index contributed by atoms with van der Waals surface area (Å²) in [5.41, 5.74) is 0.931. The van der Waals surface area contributed by atoms with Gasteiger partial charge in [-0.15, -0.1) is 0 Å². The van der Waals surface area contributed by atoms with Gasteiger partial charge in [0.15, 0.2) is 0 Å². The Kier molecular flexibility index (Phi) is 3.77. The molecule has 0 unspecified atom stereocenters. The maximum atomic E-state index is 6.07. The second-order valence-corrected chi connectivity index (χ2v) is 6.09. The minimum Gasteiger partial charge on any atom is -0.236 e. The van der Waals surface area contributed by atoms with Crippen molar-refractivity contribution in [3.05, 3.63) is 21.1 Å². The number of hydrogen-bond donors (Lipinski definition) is 0. The van der Waals surface area contributed by atoms with Gasteiger partial charge < -0.3 is 0 Å². The molecule has 15 heavy (non-hydrogen) atoms. The Balaban J connectivity index is 3.38. The normalized spacial score (nSPS) is 12.3. The Morgan fingerprint density at radius 3 is 2.13 bits per heavy atom. The van der Waals surface area contributed by atoms with E-state index in [9.17, 15) is 0 Å². The fourth-order valence-electron chi connectivity index (χ4n) is 1.19. The van der Waals surface area contributed by atoms with Gasteiger partial charge in [0, 0.05) is 11.3 Å². The molecule has 0 aliphatic heterocycles. The minimum absolute atomic E-state index is 0.0327. The predicted octanol–water partition coefficient (Wildman–Crippen LogP) is 4.31. The highest BCUT2D eigenvalue weighted by Crippen LogP contribution is 2.33. The van der Waals surface area contributed by atoms with Crippen molar-refractivity contribution < 1.29 is 0 Å². The van der Waals surface area contributed by atoms with Crippen molar-refractivity contribution in [2.24, 2.45) is 0 Å². The smallest absolute Gasteiger partial charge is 0.147 e. The molecule has 0 radical (unpaired) electrons. The van der Waals surface area contributed by atoms with Crippen LogP contribution in [-0.4, -0.2) is 9.97 Å². The lowest BCUT2D eigenvalue weighted by molar-refractivity contribution is 0.554. The van der Waals surface area contributed by atoms with Gasteiger partial charge >= 0.3 is 0 Å². The topological polar surface area (TPSA) is 25.8 Å². The molecule has 1 aromatic rings. The molecule has 0 aliphatic carbocycles. The van der Waals surface area contributed by atoms with Gasteiger partial charge in [-0.2, -0.15) is 0 Å². The van der Waals surface area contributed by atoms with E-state index in [-0.39, 0.29) is 11.3 Å². The molecular formula is C11H16BrClN2. The van der Waals surface area contributed by atoms with Crippen LogP contribution in [0.15, 0.2) is 4.47 Å². The molecule has 0 aromatic carbocycles. The third kappa shape index (κ3) is 2.91. The Labute approximate surface area is 105 Å². The summed E-state index contributed by atoms with van der Waals surface area (Å²) in [6, 6.07) is 0. The van der Waals surface area contributed by atoms with Gasteiger partial charge in [-0.05, 0) is 15.9 Å². The van der Waals surface area contributed by atoms with Crippen LogP contribution in [0.5, 0.6) is 0 Å². The first-order valence-corrected chi connectivity index (χ1v) is 6.14. The summed E-state index contributed by atoms with van der Waals surface area (Å²) in [5, 5.41) is 0.499. The molecule has 0 fully saturated rings. The Morgan fingerprint density at radius 2 is 1.73 bits per heavy atom. The minimum atomic E-state index is -0.0327. The Bertz CT molecular complexity index is 370. The fourth-order valence-corrected chi connectivity index (χ4v) is 2.14. The zero-order valence-electron chi connectivity index (χ0n) is 9.73. The van der Waals surface area contributed by atoms with Crippen LogP contribution in [0.25, 0.3) is 0 Å². The third-order valence-electron chi connectivity index (χ3n) is 2.05. The maximum Gasteiger partial charge on any atom is 0.147 e. The largest absolute Gasteiger partial charge is 0.236 e. The molecule has 0 amide bonds. The first kappa shape index (κ1) is 12.9. The van der Waals surface area contributed by atoms with Crippen LogP contribution in [0.4, 0.5) is 0 Å². The summed E-state index contributed by atoms with van der Waals surface area (Å²) in [6.07, 6.45) is 0. The van der Waals surface area contributed by atoms with Crippen LogP contribution < -0.4 is 0 Å². The van der Waals surface area contributed by atoms with Gasteiger partial charge in [0.2, 0.25) is 0 Å². The SMILES string of the molecule is CC(C)c1nc(Cl)c(Br)c(C(C)(C)C)n1. The average molecular weight is 292 g/mol. The monoisotopic (exact) mass is 290 g/mol. The van der Waals surface area contributed by atoms with E-state index in [0.717, 1.165) is 16.0 Å². The number of aromatic nitrogens is 2. The van der Waals surface area contributed by atoms with Crippen molar-refractivity contribution in [1.29, 1.82) is 0 Å². The van der Waals surface area contributed by atoms with E-state index in [2.05, 4.69) is 60.5 Å². The highest BCUT2D eigenvalue weighted by Gasteiger charge is 2.23. The highest BCUT2D eigenvalue weighted by molar-refractivity contribution is 9.10. The molecule has 0 aliphatic rings. The average Bonchev–Trinajstić information content (AvgIpc) is 2.06. The fraction of sp³-hybridized carbons (Fsp3) is 0.636. The molecule has 0 N–H and O–H groups in total. The zero-order valence-corrected chi connectivity index (χ0v) is 12.1. The first-order valence-electron chi connectivity index (χ1n) is 4.97. The zero-order chi connectivity index (χ0) is 11.8. The Morgan fingerprint density at radius 1 is 1.20 bits per heavy atom. The van der Waals surface area contributed by atoms with Crippen molar-refractivity contribution >= 4 is 27.5 Å². The lowest BCUT2D eigenvalue weighted by atomic mass is 9.92. The third-order valence-corrected chi connectivity index (χ3v) is 3.31. The highest BCUT2D eigenvalue weighted by atomic mass is 79.9. The van der Waals surface area contributed by atoms with Gasteiger partial charge in [0.1, 0.15) is 11.0 Å². The molecule has 2 nitrogen and oxygen atoms in total. The summed E-state index contributed by atoms with van der Waals surface area (Å²) in [7, 11) is 0. The van der Waals surface area contributed by atoms with Crippen LogP contribution in [0.3, 0.4) is 0 Å². The van der Waals surface area contributed by atoms with Crippen LogP contribution in [0.2, 0.25) is 5.15 Å². The molecule has 0 saturated heterocycles. The molecule has 0 saturated carbocycles. The van der Waals surface area contributed by atoms with Crippen molar-refractivity contribution in [2.75, 3.05) is 0 Å². The second-order valence-electron chi connectivity index (χ2n) is 4.94. The van der Waals surface area contributed by atoms with Crippen LogP contribution in [0, 0.1) is 0 Å². The summed E-state index contributed by atoms with van der Waals surface area (Å²) >= 11 is 9.51. The van der Waals surface area contributed by atoms with Crippen LogP contribution in [0.1, 0.15) is 52.1 Å². The lowest BCUT2D eigenvalue weighted by Crippen LogP contribution is -2.17. The van der Waals surface area contributed by atoms with Crippen LogP contribution in [-0.2, 0) is 5.41 Å². The molecule has 84 valence electrons. The molecule has 1 rings (SSSR count). The van der Waals surface area contributed by atoms with Crippen LogP contribution >= 0.6 is 27.5 Å². The molecule has 1 aromatic heterocycles. The van der Waals surface area contributed by atoms with E-state index in [1.165, 1.54) is 0 Å². The summed E-state index contributed by atoms with van der Waals surface area (Å²) < 4.78 is 0.807. The number of hydrogen-bond acceptors (Lipinski definition) is 2. The molecular weight excluding hydrogens is 275 g/mol. The number of nitrogens with zero attached hydrogens (tertiary/aromatic N) is 2. The van der Waals surface area contributed by atoms with Gasteiger partial charge in [0.05, 0.1) is 10.2 Å². The van der Waals surface area contributed by atoms with E-state index >= 15 is 0 Å². The maximum absolute atomic E-state index is 6.07. The van der Waals surface area contributed by atoms with Crippen molar-refractivity contribution in [3.63, 3.8) is 0 Å². The molecule has 0 bridgehead atoms. The van der Waals surface area contributed by atoms with Gasteiger partial charge in [-0.1, -0.05) is 46.2 Å². The Hall–Kier alpha value is -0.150. The molecule has 4 heteroatoms. The first-order chi connectivity index (χ1) is 6.73. The van der Waals surface area contributed by atoms with Gasteiger partial charge in [0.25, 0.3) is 0 Å². The van der Waals surface area contributed by atoms with Crippen molar-refractivity contribution in [3.8, 4) is 0 Å². The van der Waals surface area contributed by atoms with Crippen molar-refractivity contribution in [2.45, 2.75) is 46.0 Å². The summed E-state index contributed by atoms with van der Waals surface area (Å²) in [4.78, 5) is 8.82. The van der Waals surface area contributed by atoms with Gasteiger partial charge in [-0.25, -0.2) is 9.97 Å². The van der Waals surface area contributed by atoms with Gasteiger partial charge in [-0.3, -0.25) is 0 Å². The summed E-state index contributed by atoms with van der Waals surface area (Å²) in [5.74, 6) is 1.09. The van der Waals surface area contributed by atoms with E-state index in [0.29, 0.717) is 5.15 Å². The quantitative estimate of drug-likeness (QED) is 0.720. The lowest BCUT2D eigenvalue weighted by Gasteiger charge is -2.21. The number of halogens is 2. The van der Waals surface area contributed by atoms with E-state index in [4.69, 9.17) is 11.6 Å².